The van der Waals surface area contributed by atoms with Gasteiger partial charge in [-0.05, 0) is 35.6 Å². The first-order valence-electron chi connectivity index (χ1n) is 7.09. The van der Waals surface area contributed by atoms with Crippen molar-refractivity contribution in [1.29, 1.82) is 0 Å². The van der Waals surface area contributed by atoms with Crippen molar-refractivity contribution in [3.63, 3.8) is 0 Å². The van der Waals surface area contributed by atoms with E-state index in [1.807, 2.05) is 18.2 Å². The molecule has 0 spiro atoms. The Bertz CT molecular complexity index is 586. The van der Waals surface area contributed by atoms with Gasteiger partial charge in [0.2, 0.25) is 0 Å². The van der Waals surface area contributed by atoms with Gasteiger partial charge in [-0.15, -0.1) is 0 Å². The maximum Gasteiger partial charge on any atom is 0.169 e. The van der Waals surface area contributed by atoms with E-state index in [1.165, 1.54) is 11.1 Å². The molecular weight excluding hydrogens is 248 g/mol. The maximum atomic E-state index is 9.85. The fraction of sp³-hybridized carbons (Fsp3) is 0.333. The zero-order valence-electron chi connectivity index (χ0n) is 12.6. The van der Waals surface area contributed by atoms with Crippen LogP contribution in [0.25, 0.3) is 0 Å². The summed E-state index contributed by atoms with van der Waals surface area (Å²) in [6, 6.07) is 13.2. The van der Waals surface area contributed by atoms with Crippen LogP contribution in [0.4, 0.5) is 0 Å². The van der Waals surface area contributed by atoms with E-state index in [2.05, 4.69) is 33.8 Å². The van der Waals surface area contributed by atoms with Gasteiger partial charge in [0.1, 0.15) is 5.75 Å². The second-order valence-electron chi connectivity index (χ2n) is 5.64. The minimum Gasteiger partial charge on any atom is -0.504 e. The standard InChI is InChI=1S/C18H22O2/c1-12(2)14-8-7-11-17(18(14)13(3)4)20-16-10-6-5-9-15(16)19/h5-13,19H,1-4H3. The van der Waals surface area contributed by atoms with Crippen LogP contribution in [-0.4, -0.2) is 5.11 Å². The number of phenols is 1. The van der Waals surface area contributed by atoms with Crippen molar-refractivity contribution in [3.05, 3.63) is 53.6 Å². The molecule has 0 radical (unpaired) electrons. The largest absolute Gasteiger partial charge is 0.504 e. The van der Waals surface area contributed by atoms with E-state index in [0.717, 1.165) is 5.75 Å². The summed E-state index contributed by atoms with van der Waals surface area (Å²) in [5, 5.41) is 9.85. The van der Waals surface area contributed by atoms with Crippen LogP contribution in [0.15, 0.2) is 42.5 Å². The third kappa shape index (κ3) is 2.96. The molecule has 0 saturated heterocycles. The molecular formula is C18H22O2. The molecule has 0 fully saturated rings. The first-order chi connectivity index (χ1) is 9.50. The molecule has 1 N–H and O–H groups in total. The van der Waals surface area contributed by atoms with Crippen LogP contribution in [0.2, 0.25) is 0 Å². The predicted octanol–water partition coefficient (Wildman–Crippen LogP) is 5.43. The van der Waals surface area contributed by atoms with Crippen molar-refractivity contribution in [2.24, 2.45) is 0 Å². The van der Waals surface area contributed by atoms with Crippen molar-refractivity contribution < 1.29 is 9.84 Å². The Morgan fingerprint density at radius 1 is 0.800 bits per heavy atom. The Hall–Kier alpha value is -1.96. The summed E-state index contributed by atoms with van der Waals surface area (Å²) in [6.45, 7) is 8.70. The Labute approximate surface area is 121 Å². The van der Waals surface area contributed by atoms with Gasteiger partial charge in [0.25, 0.3) is 0 Å². The average Bonchev–Trinajstić information content (AvgIpc) is 2.40. The molecule has 106 valence electrons. The summed E-state index contributed by atoms with van der Waals surface area (Å²) in [5.74, 6) is 2.30. The number of aromatic hydroxyl groups is 1. The lowest BCUT2D eigenvalue weighted by Gasteiger charge is -2.20. The van der Waals surface area contributed by atoms with Gasteiger partial charge in [-0.2, -0.15) is 0 Å². The van der Waals surface area contributed by atoms with Crippen LogP contribution in [-0.2, 0) is 0 Å². The summed E-state index contributed by atoms with van der Waals surface area (Å²) in [5.41, 5.74) is 2.51. The predicted molar refractivity (Wildman–Crippen MR) is 82.8 cm³/mol. The van der Waals surface area contributed by atoms with Crippen molar-refractivity contribution in [3.8, 4) is 17.2 Å². The molecule has 20 heavy (non-hydrogen) atoms. The molecule has 2 rings (SSSR count). The zero-order chi connectivity index (χ0) is 14.7. The van der Waals surface area contributed by atoms with Crippen LogP contribution in [0, 0.1) is 0 Å². The van der Waals surface area contributed by atoms with Gasteiger partial charge in [-0.1, -0.05) is 52.0 Å². The quantitative estimate of drug-likeness (QED) is 0.802. The fourth-order valence-electron chi connectivity index (χ4n) is 2.43. The molecule has 0 aliphatic rings. The van der Waals surface area contributed by atoms with E-state index >= 15 is 0 Å². The number of para-hydroxylation sites is 2. The number of hydrogen-bond acceptors (Lipinski definition) is 2. The van der Waals surface area contributed by atoms with Gasteiger partial charge < -0.3 is 9.84 Å². The summed E-state index contributed by atoms with van der Waals surface area (Å²) in [4.78, 5) is 0. The van der Waals surface area contributed by atoms with Crippen molar-refractivity contribution in [2.45, 2.75) is 39.5 Å². The maximum absolute atomic E-state index is 9.85. The fourth-order valence-corrected chi connectivity index (χ4v) is 2.43. The smallest absolute Gasteiger partial charge is 0.169 e. The van der Waals surface area contributed by atoms with Gasteiger partial charge >= 0.3 is 0 Å². The molecule has 2 aromatic carbocycles. The Balaban J connectivity index is 2.47. The SMILES string of the molecule is CC(C)c1cccc(Oc2ccccc2O)c1C(C)C. The van der Waals surface area contributed by atoms with Gasteiger partial charge in [-0.3, -0.25) is 0 Å². The lowest BCUT2D eigenvalue weighted by atomic mass is 9.90. The molecule has 2 aromatic rings. The van der Waals surface area contributed by atoms with E-state index in [0.29, 0.717) is 17.6 Å². The Morgan fingerprint density at radius 3 is 2.05 bits per heavy atom. The minimum atomic E-state index is 0.164. The Morgan fingerprint density at radius 2 is 1.45 bits per heavy atom. The van der Waals surface area contributed by atoms with Crippen LogP contribution in [0.1, 0.15) is 50.7 Å². The third-order valence-corrected chi connectivity index (χ3v) is 3.38. The number of ether oxygens (including phenoxy) is 1. The van der Waals surface area contributed by atoms with Gasteiger partial charge in [0.15, 0.2) is 11.5 Å². The van der Waals surface area contributed by atoms with Crippen molar-refractivity contribution >= 4 is 0 Å². The molecule has 2 nitrogen and oxygen atoms in total. The first kappa shape index (κ1) is 14.4. The van der Waals surface area contributed by atoms with Gasteiger partial charge in [0.05, 0.1) is 0 Å². The molecule has 0 aromatic heterocycles. The lowest BCUT2D eigenvalue weighted by molar-refractivity contribution is 0.407. The summed E-state index contributed by atoms with van der Waals surface area (Å²) >= 11 is 0. The number of rotatable bonds is 4. The first-order valence-corrected chi connectivity index (χ1v) is 7.09. The molecule has 0 heterocycles. The van der Waals surface area contributed by atoms with Crippen molar-refractivity contribution in [1.82, 2.24) is 0 Å². The minimum absolute atomic E-state index is 0.164. The number of benzene rings is 2. The van der Waals surface area contributed by atoms with Gasteiger partial charge in [0, 0.05) is 5.56 Å². The highest BCUT2D eigenvalue weighted by Gasteiger charge is 2.16. The van der Waals surface area contributed by atoms with E-state index in [1.54, 1.807) is 18.2 Å². The number of phenolic OH excluding ortho intramolecular Hbond substituents is 1. The van der Waals surface area contributed by atoms with Gasteiger partial charge in [-0.25, -0.2) is 0 Å². The summed E-state index contributed by atoms with van der Waals surface area (Å²) in [7, 11) is 0. The van der Waals surface area contributed by atoms with E-state index in [9.17, 15) is 5.11 Å². The number of hydrogen-bond donors (Lipinski definition) is 1. The van der Waals surface area contributed by atoms with Crippen LogP contribution >= 0.6 is 0 Å². The molecule has 0 saturated carbocycles. The normalized spacial score (nSPS) is 11.1. The summed E-state index contributed by atoms with van der Waals surface area (Å²) < 4.78 is 5.94. The topological polar surface area (TPSA) is 29.5 Å². The van der Waals surface area contributed by atoms with Crippen LogP contribution in [0.3, 0.4) is 0 Å². The third-order valence-electron chi connectivity index (χ3n) is 3.38. The highest BCUT2D eigenvalue weighted by atomic mass is 16.5. The lowest BCUT2D eigenvalue weighted by Crippen LogP contribution is -2.01. The monoisotopic (exact) mass is 270 g/mol. The second kappa shape index (κ2) is 6.00. The molecule has 0 unspecified atom stereocenters. The van der Waals surface area contributed by atoms with E-state index < -0.39 is 0 Å². The Kier molecular flexibility index (Phi) is 4.33. The van der Waals surface area contributed by atoms with E-state index in [4.69, 9.17) is 4.74 Å². The average molecular weight is 270 g/mol. The molecule has 0 aliphatic carbocycles. The molecule has 0 bridgehead atoms. The van der Waals surface area contributed by atoms with E-state index in [-0.39, 0.29) is 5.75 Å². The molecule has 0 aliphatic heterocycles. The summed E-state index contributed by atoms with van der Waals surface area (Å²) in [6.07, 6.45) is 0. The highest BCUT2D eigenvalue weighted by Crippen LogP contribution is 2.38. The van der Waals surface area contributed by atoms with Crippen LogP contribution in [0.5, 0.6) is 17.2 Å². The second-order valence-corrected chi connectivity index (χ2v) is 5.64. The molecule has 0 atom stereocenters. The molecule has 2 heteroatoms. The molecule has 0 amide bonds. The van der Waals surface area contributed by atoms with Crippen molar-refractivity contribution in [2.75, 3.05) is 0 Å². The zero-order valence-corrected chi connectivity index (χ0v) is 12.6. The van der Waals surface area contributed by atoms with Crippen LogP contribution < -0.4 is 4.74 Å². The highest BCUT2D eigenvalue weighted by molar-refractivity contribution is 5.48.